The van der Waals surface area contributed by atoms with Gasteiger partial charge in [-0.1, -0.05) is 13.8 Å². The van der Waals surface area contributed by atoms with E-state index >= 15 is 0 Å². The van der Waals surface area contributed by atoms with Crippen LogP contribution in [0.2, 0.25) is 0 Å². The molecule has 0 amide bonds. The molecule has 2 rings (SSSR count). The van der Waals surface area contributed by atoms with Crippen molar-refractivity contribution in [1.29, 1.82) is 0 Å². The van der Waals surface area contributed by atoms with Crippen LogP contribution in [0.5, 0.6) is 0 Å². The van der Waals surface area contributed by atoms with Gasteiger partial charge in [0.25, 0.3) is 0 Å². The molecule has 7 atom stereocenters. The Balaban J connectivity index is 2.15. The van der Waals surface area contributed by atoms with Crippen molar-refractivity contribution in [3.05, 3.63) is 0 Å². The first kappa shape index (κ1) is 13.9. The Bertz CT molecular complexity index is 373. The van der Waals surface area contributed by atoms with Crippen molar-refractivity contribution >= 4 is 27.5 Å². The quantitative estimate of drug-likeness (QED) is 0.627. The van der Waals surface area contributed by atoms with Gasteiger partial charge in [-0.2, -0.15) is 0 Å². The minimum absolute atomic E-state index is 0.0436. The molecule has 3 unspecified atom stereocenters. The summed E-state index contributed by atoms with van der Waals surface area (Å²) in [4.78, 5) is 23.3. The summed E-state index contributed by atoms with van der Waals surface area (Å²) in [5.41, 5.74) is 0. The van der Waals surface area contributed by atoms with Crippen molar-refractivity contribution in [3.63, 3.8) is 0 Å². The number of carboxylic acid groups (broad SMARTS) is 1. The molecule has 2 radical (unpaired) electrons. The van der Waals surface area contributed by atoms with E-state index < -0.39 is 14.0 Å². The Morgan fingerprint density at radius 2 is 1.72 bits per heavy atom. The molecule has 4 nitrogen and oxygen atoms in total. The lowest BCUT2D eigenvalue weighted by molar-refractivity contribution is -0.152. The summed E-state index contributed by atoms with van der Waals surface area (Å²) in [5.74, 6) is -1.09. The highest BCUT2D eigenvalue weighted by Crippen LogP contribution is 2.58. The summed E-state index contributed by atoms with van der Waals surface area (Å²) >= 11 is 0. The van der Waals surface area contributed by atoms with E-state index in [4.69, 9.17) is 12.1 Å². The average molecular weight is 268 g/mol. The maximum atomic E-state index is 12.0. The molecule has 0 aromatic heterocycles. The Hall–Kier alpha value is -0.565. The molecule has 0 heterocycles. The van der Waals surface area contributed by atoms with E-state index in [-0.39, 0.29) is 41.5 Å². The van der Waals surface area contributed by atoms with Gasteiger partial charge < -0.3 is 9.63 Å². The SMILES string of the molecule is [B]P(C)OC(=O)[C@H]1C2CC([C@H]1C)[C@@H](C(=O)O)[C@H]2C. The van der Waals surface area contributed by atoms with Gasteiger partial charge in [0.1, 0.15) is 0 Å². The van der Waals surface area contributed by atoms with Crippen molar-refractivity contribution < 1.29 is 19.2 Å². The molecule has 18 heavy (non-hydrogen) atoms. The van der Waals surface area contributed by atoms with E-state index in [1.165, 1.54) is 0 Å². The van der Waals surface area contributed by atoms with Crippen molar-refractivity contribution in [2.45, 2.75) is 20.3 Å². The summed E-state index contributed by atoms with van der Waals surface area (Å²) < 4.78 is 5.16. The van der Waals surface area contributed by atoms with Gasteiger partial charge in [-0.05, 0) is 36.8 Å². The van der Waals surface area contributed by atoms with Crippen molar-refractivity contribution in [3.8, 4) is 0 Å². The summed E-state index contributed by atoms with van der Waals surface area (Å²) in [6, 6.07) is 0. The number of hydrogen-bond donors (Lipinski definition) is 1. The minimum Gasteiger partial charge on any atom is -0.481 e. The van der Waals surface area contributed by atoms with E-state index in [9.17, 15) is 14.7 Å². The van der Waals surface area contributed by atoms with E-state index in [2.05, 4.69) is 0 Å². The van der Waals surface area contributed by atoms with Gasteiger partial charge in [-0.15, -0.1) is 0 Å². The molecule has 2 fully saturated rings. The maximum absolute atomic E-state index is 12.0. The predicted molar refractivity (Wildman–Crippen MR) is 69.2 cm³/mol. The van der Waals surface area contributed by atoms with Crippen LogP contribution in [0.15, 0.2) is 0 Å². The smallest absolute Gasteiger partial charge is 0.311 e. The molecule has 2 aliphatic rings. The van der Waals surface area contributed by atoms with Crippen LogP contribution in [0.4, 0.5) is 0 Å². The zero-order valence-electron chi connectivity index (χ0n) is 10.9. The maximum Gasteiger partial charge on any atom is 0.311 e. The minimum atomic E-state index is -1.19. The van der Waals surface area contributed by atoms with Crippen LogP contribution in [0.25, 0.3) is 0 Å². The number of carbonyl (C=O) groups is 2. The molecule has 6 heteroatoms. The Morgan fingerprint density at radius 3 is 2.22 bits per heavy atom. The van der Waals surface area contributed by atoms with Crippen molar-refractivity contribution in [2.75, 3.05) is 6.66 Å². The molecule has 0 saturated heterocycles. The first-order chi connectivity index (χ1) is 8.34. The third-order valence-electron chi connectivity index (χ3n) is 4.74. The van der Waals surface area contributed by atoms with Crippen LogP contribution >= 0.6 is 8.03 Å². The molecule has 98 valence electrons. The lowest BCUT2D eigenvalue weighted by Crippen LogP contribution is -2.40. The Kier molecular flexibility index (Phi) is 3.73. The predicted octanol–water partition coefficient (Wildman–Crippen LogP) is 1.88. The van der Waals surface area contributed by atoms with Gasteiger partial charge >= 0.3 is 11.9 Å². The second kappa shape index (κ2) is 4.84. The topological polar surface area (TPSA) is 63.6 Å². The summed E-state index contributed by atoms with van der Waals surface area (Å²) in [6.07, 6.45) is 0.825. The van der Waals surface area contributed by atoms with E-state index in [1.54, 1.807) is 6.66 Å². The largest absolute Gasteiger partial charge is 0.481 e. The number of hydrogen-bond acceptors (Lipinski definition) is 3. The van der Waals surface area contributed by atoms with E-state index in [1.807, 2.05) is 13.8 Å². The second-order valence-electron chi connectivity index (χ2n) is 5.63. The molecular formula is C12H18BO4P. The van der Waals surface area contributed by atoms with Gasteiger partial charge in [0.05, 0.1) is 11.8 Å². The lowest BCUT2D eigenvalue weighted by atomic mass is 9.69. The number of aliphatic carboxylic acids is 1. The highest BCUT2D eigenvalue weighted by Gasteiger charge is 2.59. The molecular weight excluding hydrogens is 250 g/mol. The molecule has 2 bridgehead atoms. The number of rotatable bonds is 3. The van der Waals surface area contributed by atoms with Crippen LogP contribution in [0.3, 0.4) is 0 Å². The normalized spacial score (nSPS) is 43.7. The summed E-state index contributed by atoms with van der Waals surface area (Å²) in [5, 5.41) is 9.26. The van der Waals surface area contributed by atoms with Crippen LogP contribution in [0.1, 0.15) is 20.3 Å². The van der Waals surface area contributed by atoms with Crippen LogP contribution in [-0.2, 0) is 14.1 Å². The Labute approximate surface area is 110 Å². The highest BCUT2D eigenvalue weighted by atomic mass is 31.1. The van der Waals surface area contributed by atoms with Gasteiger partial charge in [-0.3, -0.25) is 9.59 Å². The van der Waals surface area contributed by atoms with Crippen LogP contribution in [-0.4, -0.2) is 31.3 Å². The van der Waals surface area contributed by atoms with Gasteiger partial charge in [0.15, 0.2) is 7.57 Å². The van der Waals surface area contributed by atoms with Gasteiger partial charge in [0, 0.05) is 8.03 Å². The highest BCUT2D eigenvalue weighted by molar-refractivity contribution is 7.77. The van der Waals surface area contributed by atoms with Crippen LogP contribution < -0.4 is 0 Å². The number of carbonyl (C=O) groups excluding carboxylic acids is 1. The van der Waals surface area contributed by atoms with Gasteiger partial charge in [0.2, 0.25) is 0 Å². The molecule has 2 saturated carbocycles. The van der Waals surface area contributed by atoms with Gasteiger partial charge in [-0.25, -0.2) is 0 Å². The number of carboxylic acids is 1. The zero-order chi connectivity index (χ0) is 13.6. The summed E-state index contributed by atoms with van der Waals surface area (Å²) in [6.45, 7) is 5.59. The van der Waals surface area contributed by atoms with Crippen LogP contribution in [0, 0.1) is 35.5 Å². The molecule has 0 aliphatic heterocycles. The number of fused-ring (bicyclic) bond motifs is 2. The fourth-order valence-electron chi connectivity index (χ4n) is 4.00. The van der Waals surface area contributed by atoms with Crippen molar-refractivity contribution in [1.82, 2.24) is 0 Å². The fourth-order valence-corrected chi connectivity index (χ4v) is 4.41. The monoisotopic (exact) mass is 268 g/mol. The molecule has 0 aromatic carbocycles. The summed E-state index contributed by atoms with van der Waals surface area (Å²) in [7, 11) is 4.35. The average Bonchev–Trinajstić information content (AvgIpc) is 2.70. The molecule has 1 N–H and O–H groups in total. The lowest BCUT2D eigenvalue weighted by Gasteiger charge is -2.35. The van der Waals surface area contributed by atoms with E-state index in [0.29, 0.717) is 0 Å². The molecule has 2 aliphatic carbocycles. The first-order valence-corrected chi connectivity index (χ1v) is 8.05. The van der Waals surface area contributed by atoms with Crippen molar-refractivity contribution in [2.24, 2.45) is 35.5 Å². The fraction of sp³-hybridized carbons (Fsp3) is 0.833. The third-order valence-corrected chi connectivity index (χ3v) is 5.21. The Morgan fingerprint density at radius 1 is 1.22 bits per heavy atom. The zero-order valence-corrected chi connectivity index (χ0v) is 11.8. The molecule has 0 aromatic rings. The molecule has 0 spiro atoms. The first-order valence-electron chi connectivity index (χ1n) is 6.27. The second-order valence-corrected chi connectivity index (χ2v) is 6.90. The van der Waals surface area contributed by atoms with E-state index in [0.717, 1.165) is 6.42 Å². The third kappa shape index (κ3) is 2.07. The standard InChI is InChI=1S/C12H18BO4P/c1-5-8-4-7(9(5)11(14)15)6(2)10(8)12(16)17-18(3)13/h5-10H,4H2,1-3H3,(H,14,15)/t5-,6+,7?,8?,9-,10+,18?/m0/s1.